The Hall–Kier alpha value is -1.50. The van der Waals surface area contributed by atoms with E-state index < -0.39 is 17.3 Å². The highest BCUT2D eigenvalue weighted by Gasteiger charge is 2.30. The molecule has 1 fully saturated rings. The molecule has 0 radical (unpaired) electrons. The molecule has 7 nitrogen and oxygen atoms in total. The quantitative estimate of drug-likeness (QED) is 0.767. The lowest BCUT2D eigenvalue weighted by Gasteiger charge is -2.37. The lowest BCUT2D eigenvalue weighted by molar-refractivity contribution is 0.00530. The number of hydrogen-bond donors (Lipinski definition) is 2. The second-order valence-corrected chi connectivity index (χ2v) is 8.07. The fraction of sp³-hybridized carbons (Fsp3) is 0.882. The maximum Gasteiger partial charge on any atom is 0.411 e. The van der Waals surface area contributed by atoms with Crippen molar-refractivity contribution in [3.05, 3.63) is 0 Å². The summed E-state index contributed by atoms with van der Waals surface area (Å²) in [4.78, 5) is 25.6. The van der Waals surface area contributed by atoms with Gasteiger partial charge in [0, 0.05) is 19.6 Å². The molecule has 1 aliphatic rings. The molecule has 1 unspecified atom stereocenters. The van der Waals surface area contributed by atoms with Crippen molar-refractivity contribution in [2.75, 3.05) is 19.6 Å². The molecule has 24 heavy (non-hydrogen) atoms. The molecule has 2 N–H and O–H groups in total. The van der Waals surface area contributed by atoms with Crippen molar-refractivity contribution in [2.24, 2.45) is 0 Å². The maximum atomic E-state index is 12.3. The Labute approximate surface area is 145 Å². The van der Waals surface area contributed by atoms with Gasteiger partial charge in [0.25, 0.3) is 0 Å². The summed E-state index contributed by atoms with van der Waals surface area (Å²) in [5, 5.41) is 6.01. The Balaban J connectivity index is 2.38. The molecule has 140 valence electrons. The predicted molar refractivity (Wildman–Crippen MR) is 92.8 cm³/mol. The number of ether oxygens (including phenoxy) is 2. The van der Waals surface area contributed by atoms with Crippen LogP contribution in [0, 0.1) is 0 Å². The van der Waals surface area contributed by atoms with Crippen LogP contribution < -0.4 is 10.6 Å². The van der Waals surface area contributed by atoms with E-state index in [4.69, 9.17) is 9.47 Å². The summed E-state index contributed by atoms with van der Waals surface area (Å²) in [5.74, 6) is 0. The molecule has 0 aliphatic carbocycles. The summed E-state index contributed by atoms with van der Waals surface area (Å²) >= 11 is 0. The number of carbonyl (C=O) groups is 2. The third-order valence-electron chi connectivity index (χ3n) is 3.30. The predicted octanol–water partition coefficient (Wildman–Crippen LogP) is 2.85. The Morgan fingerprint density at radius 3 is 2.21 bits per heavy atom. The third-order valence-corrected chi connectivity index (χ3v) is 3.30. The first-order valence-electron chi connectivity index (χ1n) is 8.68. The Morgan fingerprint density at radius 1 is 1.00 bits per heavy atom. The molecule has 2 amide bonds. The zero-order chi connectivity index (χ0) is 18.4. The number of hydrogen-bond acceptors (Lipinski definition) is 5. The van der Waals surface area contributed by atoms with Crippen LogP contribution in [-0.2, 0) is 9.47 Å². The van der Waals surface area contributed by atoms with E-state index in [0.29, 0.717) is 19.6 Å². The number of piperidine rings is 1. The Bertz CT molecular complexity index is 427. The smallest absolute Gasteiger partial charge is 0.411 e. The molecule has 0 aromatic heterocycles. The number of rotatable bonds is 4. The minimum Gasteiger partial charge on any atom is -0.444 e. The molecule has 1 atom stereocenters. The zero-order valence-electron chi connectivity index (χ0n) is 15.9. The monoisotopic (exact) mass is 343 g/mol. The van der Waals surface area contributed by atoms with Crippen LogP contribution in [0.4, 0.5) is 9.59 Å². The summed E-state index contributed by atoms with van der Waals surface area (Å²) in [6.07, 6.45) is 2.14. The first-order chi connectivity index (χ1) is 11.0. The highest BCUT2D eigenvalue weighted by molar-refractivity contribution is 5.68. The fourth-order valence-electron chi connectivity index (χ4n) is 2.40. The van der Waals surface area contributed by atoms with Gasteiger partial charge in [-0.1, -0.05) is 0 Å². The van der Waals surface area contributed by atoms with Crippen molar-refractivity contribution in [3.8, 4) is 0 Å². The zero-order valence-corrected chi connectivity index (χ0v) is 15.9. The van der Waals surface area contributed by atoms with Gasteiger partial charge in [0.2, 0.25) is 0 Å². The van der Waals surface area contributed by atoms with Crippen molar-refractivity contribution in [1.29, 1.82) is 0 Å². The highest BCUT2D eigenvalue weighted by atomic mass is 16.6. The van der Waals surface area contributed by atoms with Gasteiger partial charge in [-0.3, -0.25) is 10.2 Å². The summed E-state index contributed by atoms with van der Waals surface area (Å²) in [6.45, 7) is 12.7. The summed E-state index contributed by atoms with van der Waals surface area (Å²) < 4.78 is 10.6. The summed E-state index contributed by atoms with van der Waals surface area (Å²) in [6, 6.07) is 0. The third kappa shape index (κ3) is 8.38. The van der Waals surface area contributed by atoms with Crippen LogP contribution in [0.3, 0.4) is 0 Å². The number of nitrogens with zero attached hydrogens (tertiary/aromatic N) is 1. The normalized spacial score (nSPS) is 18.9. The van der Waals surface area contributed by atoms with Crippen molar-refractivity contribution in [1.82, 2.24) is 15.5 Å². The largest absolute Gasteiger partial charge is 0.444 e. The lowest BCUT2D eigenvalue weighted by Crippen LogP contribution is -2.53. The summed E-state index contributed by atoms with van der Waals surface area (Å²) in [5.41, 5.74) is -1.01. The maximum absolute atomic E-state index is 12.3. The van der Waals surface area contributed by atoms with E-state index >= 15 is 0 Å². The molecule has 0 aromatic carbocycles. The Morgan fingerprint density at radius 2 is 1.62 bits per heavy atom. The average molecular weight is 343 g/mol. The standard InChI is InChI=1S/C17H33N3O4/c1-16(2,3)23-14(21)19-11-10-18-13-9-7-8-12-20(13)15(22)24-17(4,5)6/h13,18H,7-12H2,1-6H3,(H,19,21). The van der Waals surface area contributed by atoms with Crippen LogP contribution in [0.5, 0.6) is 0 Å². The molecule has 0 bridgehead atoms. The number of alkyl carbamates (subject to hydrolysis) is 1. The van der Waals surface area contributed by atoms with E-state index in [0.717, 1.165) is 19.3 Å². The van der Waals surface area contributed by atoms with E-state index in [1.54, 1.807) is 4.90 Å². The van der Waals surface area contributed by atoms with Gasteiger partial charge in [0.1, 0.15) is 11.2 Å². The number of nitrogens with one attached hydrogen (secondary N) is 2. The number of likely N-dealkylation sites (tertiary alicyclic amines) is 1. The molecule has 1 aliphatic heterocycles. The van der Waals surface area contributed by atoms with Crippen molar-refractivity contribution in [3.63, 3.8) is 0 Å². The van der Waals surface area contributed by atoms with E-state index in [1.165, 1.54) is 0 Å². The minimum atomic E-state index is -0.506. The van der Waals surface area contributed by atoms with Crippen molar-refractivity contribution < 1.29 is 19.1 Å². The van der Waals surface area contributed by atoms with Gasteiger partial charge >= 0.3 is 12.2 Å². The van der Waals surface area contributed by atoms with Gasteiger partial charge in [-0.25, -0.2) is 9.59 Å². The van der Waals surface area contributed by atoms with Crippen LogP contribution in [0.2, 0.25) is 0 Å². The molecular weight excluding hydrogens is 310 g/mol. The van der Waals surface area contributed by atoms with Crippen LogP contribution >= 0.6 is 0 Å². The van der Waals surface area contributed by atoms with Crippen LogP contribution in [0.1, 0.15) is 60.8 Å². The summed E-state index contributed by atoms with van der Waals surface area (Å²) in [7, 11) is 0. The topological polar surface area (TPSA) is 79.9 Å². The Kier molecular flexibility index (Phi) is 7.32. The average Bonchev–Trinajstić information content (AvgIpc) is 2.40. The first kappa shape index (κ1) is 20.5. The van der Waals surface area contributed by atoms with Crippen molar-refractivity contribution >= 4 is 12.2 Å². The molecule has 1 saturated heterocycles. The van der Waals surface area contributed by atoms with E-state index in [2.05, 4.69) is 10.6 Å². The molecular formula is C17H33N3O4. The molecule has 1 rings (SSSR count). The van der Waals surface area contributed by atoms with Gasteiger partial charge in [-0.2, -0.15) is 0 Å². The molecule has 7 heteroatoms. The van der Waals surface area contributed by atoms with Gasteiger partial charge < -0.3 is 14.8 Å². The molecule has 0 aromatic rings. The van der Waals surface area contributed by atoms with Crippen molar-refractivity contribution in [2.45, 2.75) is 78.2 Å². The second-order valence-electron chi connectivity index (χ2n) is 8.07. The van der Waals surface area contributed by atoms with Gasteiger partial charge in [0.15, 0.2) is 0 Å². The van der Waals surface area contributed by atoms with Crippen LogP contribution in [0.15, 0.2) is 0 Å². The number of carbonyl (C=O) groups excluding carboxylic acids is 2. The second kappa shape index (κ2) is 8.55. The molecule has 0 spiro atoms. The van der Waals surface area contributed by atoms with E-state index in [1.807, 2.05) is 41.5 Å². The van der Waals surface area contributed by atoms with Crippen LogP contribution in [0.25, 0.3) is 0 Å². The van der Waals surface area contributed by atoms with Gasteiger partial charge in [-0.05, 0) is 60.8 Å². The minimum absolute atomic E-state index is 0.0611. The molecule has 0 saturated carbocycles. The van der Waals surface area contributed by atoms with E-state index in [-0.39, 0.29) is 12.3 Å². The van der Waals surface area contributed by atoms with E-state index in [9.17, 15) is 9.59 Å². The highest BCUT2D eigenvalue weighted by Crippen LogP contribution is 2.18. The molecule has 1 heterocycles. The lowest BCUT2D eigenvalue weighted by atomic mass is 10.1. The van der Waals surface area contributed by atoms with Gasteiger partial charge in [0.05, 0.1) is 6.17 Å². The number of amides is 2. The van der Waals surface area contributed by atoms with Gasteiger partial charge in [-0.15, -0.1) is 0 Å². The first-order valence-corrected chi connectivity index (χ1v) is 8.68. The SMILES string of the molecule is CC(C)(C)OC(=O)NCCNC1CCCCN1C(=O)OC(C)(C)C. The van der Waals surface area contributed by atoms with Crippen LogP contribution in [-0.4, -0.2) is 54.1 Å². The fourth-order valence-corrected chi connectivity index (χ4v) is 2.40.